The smallest absolute Gasteiger partial charge is 0.344 e. The summed E-state index contributed by atoms with van der Waals surface area (Å²) in [5.74, 6) is 1.37. The molecule has 0 aliphatic heterocycles. The molecule has 1 N–H and O–H groups in total. The fraction of sp³-hybridized carbons (Fsp3) is 0.500. The normalized spacial score (nSPS) is 10.9. The molecule has 0 aliphatic rings. The average molecular weight is 308 g/mol. The van der Waals surface area contributed by atoms with E-state index >= 15 is 0 Å². The second-order valence-corrected chi connectivity index (χ2v) is 5.15. The minimum absolute atomic E-state index is 0.223. The molecule has 2 aromatic rings. The van der Waals surface area contributed by atoms with Crippen molar-refractivity contribution in [3.8, 4) is 11.5 Å². The Morgan fingerprint density at radius 1 is 1.18 bits per heavy atom. The lowest BCUT2D eigenvalue weighted by molar-refractivity contribution is -0.683. The van der Waals surface area contributed by atoms with Crippen LogP contribution in [0.3, 0.4) is 0 Å². The maximum atomic E-state index is 10.5. The van der Waals surface area contributed by atoms with E-state index in [1.165, 1.54) is 0 Å². The zero-order valence-electron chi connectivity index (χ0n) is 13.2. The molecule has 0 spiro atoms. The highest BCUT2D eigenvalue weighted by Gasteiger charge is 2.21. The minimum Gasteiger partial charge on any atom is -0.493 e. The topological polar surface area (TPSA) is 72.8 Å². The van der Waals surface area contributed by atoms with Gasteiger partial charge in [-0.25, -0.2) is 0 Å². The molecule has 1 aromatic heterocycles. The van der Waals surface area contributed by atoms with E-state index in [1.807, 2.05) is 19.1 Å². The molecule has 0 atom stereocenters. The van der Waals surface area contributed by atoms with Gasteiger partial charge in [-0.15, -0.1) is 0 Å². The molecule has 0 saturated heterocycles. The molecular formula is C16H22NO5+. The van der Waals surface area contributed by atoms with Crippen LogP contribution in [0, 0.1) is 6.92 Å². The number of aryl methyl sites for hydroxylation is 2. The van der Waals surface area contributed by atoms with Crippen molar-refractivity contribution in [2.45, 2.75) is 39.2 Å². The van der Waals surface area contributed by atoms with Crippen LogP contribution in [0.5, 0.6) is 11.5 Å². The predicted molar refractivity (Wildman–Crippen MR) is 80.4 cm³/mol. The number of hydrogen-bond donors (Lipinski definition) is 1. The van der Waals surface area contributed by atoms with Gasteiger partial charge in [0.15, 0.2) is 18.0 Å². The van der Waals surface area contributed by atoms with Crippen LogP contribution < -0.4 is 14.0 Å². The number of benzene rings is 1. The SMILES string of the molecule is COc1cc2oc(C)[n+](CCCCCC(=O)O)c2cc1OC. The van der Waals surface area contributed by atoms with Gasteiger partial charge in [-0.3, -0.25) is 4.79 Å². The first-order valence-electron chi connectivity index (χ1n) is 7.33. The zero-order valence-corrected chi connectivity index (χ0v) is 13.2. The lowest BCUT2D eigenvalue weighted by Crippen LogP contribution is -2.35. The molecule has 0 fully saturated rings. The molecule has 0 unspecified atom stereocenters. The van der Waals surface area contributed by atoms with Crippen molar-refractivity contribution >= 4 is 17.1 Å². The van der Waals surface area contributed by atoms with Gasteiger partial charge in [0.25, 0.3) is 5.52 Å². The number of oxazole rings is 1. The van der Waals surface area contributed by atoms with Gasteiger partial charge in [-0.1, -0.05) is 0 Å². The summed E-state index contributed by atoms with van der Waals surface area (Å²) in [6, 6.07) is 3.73. The van der Waals surface area contributed by atoms with E-state index in [2.05, 4.69) is 4.57 Å². The van der Waals surface area contributed by atoms with Crippen molar-refractivity contribution < 1.29 is 28.4 Å². The van der Waals surface area contributed by atoms with E-state index in [1.54, 1.807) is 14.2 Å². The van der Waals surface area contributed by atoms with Crippen molar-refractivity contribution in [3.05, 3.63) is 18.0 Å². The maximum Gasteiger partial charge on any atom is 0.344 e. The third kappa shape index (κ3) is 3.50. The summed E-state index contributed by atoms with van der Waals surface area (Å²) in [6.07, 6.45) is 2.70. The zero-order chi connectivity index (χ0) is 16.1. The van der Waals surface area contributed by atoms with Crippen molar-refractivity contribution in [3.63, 3.8) is 0 Å². The first-order valence-corrected chi connectivity index (χ1v) is 7.33. The third-order valence-electron chi connectivity index (χ3n) is 3.67. The first kappa shape index (κ1) is 16.1. The van der Waals surface area contributed by atoms with Crippen LogP contribution in [-0.2, 0) is 11.3 Å². The van der Waals surface area contributed by atoms with E-state index in [4.69, 9.17) is 19.0 Å². The lowest BCUT2D eigenvalue weighted by atomic mass is 10.2. The number of rotatable bonds is 8. The number of ether oxygens (including phenoxy) is 2. The Labute approximate surface area is 129 Å². The summed E-state index contributed by atoms with van der Waals surface area (Å²) >= 11 is 0. The van der Waals surface area contributed by atoms with Crippen LogP contribution in [0.25, 0.3) is 11.1 Å². The van der Waals surface area contributed by atoms with Crippen LogP contribution in [-0.4, -0.2) is 25.3 Å². The first-order chi connectivity index (χ1) is 10.6. The van der Waals surface area contributed by atoms with Gasteiger partial charge in [0.05, 0.1) is 27.2 Å². The molecule has 1 heterocycles. The van der Waals surface area contributed by atoms with Gasteiger partial charge in [0.2, 0.25) is 5.58 Å². The van der Waals surface area contributed by atoms with Crippen molar-refractivity contribution in [1.82, 2.24) is 0 Å². The summed E-state index contributed by atoms with van der Waals surface area (Å²) in [6.45, 7) is 2.70. The summed E-state index contributed by atoms with van der Waals surface area (Å²) in [5.41, 5.74) is 1.70. The number of aliphatic carboxylic acids is 1. The lowest BCUT2D eigenvalue weighted by Gasteiger charge is -2.05. The summed E-state index contributed by atoms with van der Waals surface area (Å²) < 4.78 is 18.5. The molecule has 0 amide bonds. The Morgan fingerprint density at radius 2 is 1.86 bits per heavy atom. The van der Waals surface area contributed by atoms with Crippen molar-refractivity contribution in [2.24, 2.45) is 0 Å². The second-order valence-electron chi connectivity index (χ2n) is 5.15. The van der Waals surface area contributed by atoms with E-state index in [9.17, 15) is 4.79 Å². The molecule has 120 valence electrons. The number of methoxy groups -OCH3 is 2. The average Bonchev–Trinajstić information content (AvgIpc) is 2.80. The molecule has 6 heteroatoms. The van der Waals surface area contributed by atoms with Crippen LogP contribution in [0.1, 0.15) is 31.6 Å². The number of unbranched alkanes of at least 4 members (excludes halogenated alkanes) is 2. The van der Waals surface area contributed by atoms with Crippen LogP contribution in [0.2, 0.25) is 0 Å². The number of hydrogen-bond acceptors (Lipinski definition) is 4. The predicted octanol–water partition coefficient (Wildman–Crippen LogP) is 2.69. The fourth-order valence-electron chi connectivity index (χ4n) is 2.53. The number of carboxylic acid groups (broad SMARTS) is 1. The number of fused-ring (bicyclic) bond motifs is 1. The van der Waals surface area contributed by atoms with E-state index in [0.29, 0.717) is 17.9 Å². The van der Waals surface area contributed by atoms with Gasteiger partial charge in [-0.05, 0) is 12.8 Å². The number of aromatic nitrogens is 1. The Kier molecular flexibility index (Phi) is 5.25. The molecule has 0 saturated carbocycles. The molecule has 0 radical (unpaired) electrons. The van der Waals surface area contributed by atoms with E-state index in [0.717, 1.165) is 36.4 Å². The molecule has 22 heavy (non-hydrogen) atoms. The number of carbonyl (C=O) groups is 1. The summed E-state index contributed by atoms with van der Waals surface area (Å²) in [7, 11) is 3.20. The maximum absolute atomic E-state index is 10.5. The second kappa shape index (κ2) is 7.15. The molecular weight excluding hydrogens is 286 g/mol. The quantitative estimate of drug-likeness (QED) is 0.599. The van der Waals surface area contributed by atoms with Gasteiger partial charge in [0, 0.05) is 18.9 Å². The Bertz CT molecular complexity index is 662. The van der Waals surface area contributed by atoms with Gasteiger partial charge in [0.1, 0.15) is 0 Å². The molecule has 6 nitrogen and oxygen atoms in total. The minimum atomic E-state index is -0.741. The summed E-state index contributed by atoms with van der Waals surface area (Å²) in [5, 5.41) is 8.64. The highest BCUT2D eigenvalue weighted by molar-refractivity contribution is 5.74. The highest BCUT2D eigenvalue weighted by Crippen LogP contribution is 2.31. The Hall–Kier alpha value is -2.24. The van der Waals surface area contributed by atoms with Crippen LogP contribution in [0.4, 0.5) is 0 Å². The van der Waals surface area contributed by atoms with Crippen LogP contribution in [0.15, 0.2) is 16.5 Å². The Balaban J connectivity index is 2.15. The van der Waals surface area contributed by atoms with Gasteiger partial charge < -0.3 is 19.0 Å². The third-order valence-corrected chi connectivity index (χ3v) is 3.67. The monoisotopic (exact) mass is 308 g/mol. The Morgan fingerprint density at radius 3 is 2.50 bits per heavy atom. The van der Waals surface area contributed by atoms with Gasteiger partial charge >= 0.3 is 11.9 Å². The van der Waals surface area contributed by atoms with E-state index in [-0.39, 0.29) is 6.42 Å². The highest BCUT2D eigenvalue weighted by atomic mass is 16.5. The molecule has 0 bridgehead atoms. The summed E-state index contributed by atoms with van der Waals surface area (Å²) in [4.78, 5) is 10.5. The van der Waals surface area contributed by atoms with Crippen molar-refractivity contribution in [1.29, 1.82) is 0 Å². The molecule has 2 rings (SSSR count). The largest absolute Gasteiger partial charge is 0.493 e. The van der Waals surface area contributed by atoms with Crippen molar-refractivity contribution in [2.75, 3.05) is 14.2 Å². The fourth-order valence-corrected chi connectivity index (χ4v) is 2.53. The number of nitrogens with zero attached hydrogens (tertiary/aromatic N) is 1. The van der Waals surface area contributed by atoms with Gasteiger partial charge in [-0.2, -0.15) is 4.57 Å². The van der Waals surface area contributed by atoms with Crippen LogP contribution >= 0.6 is 0 Å². The molecule has 1 aromatic carbocycles. The standard InChI is InChI=1S/C16H21NO5/c1-11-17(8-6-4-5-7-16(18)19)12-9-14(20-2)15(21-3)10-13(12)22-11/h9-10H,4-8H2,1-3H3/p+1. The molecule has 0 aliphatic carbocycles. The van der Waals surface area contributed by atoms with E-state index < -0.39 is 5.97 Å². The number of carboxylic acids is 1.